The largest absolute Gasteiger partial charge is 0.385 e. The average Bonchev–Trinajstić information content (AvgIpc) is 2.39. The number of hydrogen-bond donors (Lipinski definition) is 2. The fraction of sp³-hybridized carbons (Fsp3) is 0.250. The van der Waals surface area contributed by atoms with E-state index in [9.17, 15) is 0 Å². The Morgan fingerprint density at radius 1 is 1.06 bits per heavy atom. The van der Waals surface area contributed by atoms with E-state index in [1.54, 1.807) is 0 Å². The summed E-state index contributed by atoms with van der Waals surface area (Å²) in [6, 6.07) is 15.3. The molecule has 2 aromatic rings. The number of anilines is 1. The summed E-state index contributed by atoms with van der Waals surface area (Å²) in [7, 11) is 0. The Bertz CT molecular complexity index is 558. The van der Waals surface area contributed by atoms with Crippen LogP contribution < -0.4 is 11.1 Å². The van der Waals surface area contributed by atoms with Gasteiger partial charge in [0, 0.05) is 18.3 Å². The zero-order valence-corrected chi connectivity index (χ0v) is 10.6. The molecule has 0 bridgehead atoms. The minimum atomic E-state index is 0.174. The van der Waals surface area contributed by atoms with Crippen molar-refractivity contribution < 1.29 is 0 Å². The summed E-state index contributed by atoms with van der Waals surface area (Å²) in [5.74, 6) is 0. The van der Waals surface area contributed by atoms with Crippen LogP contribution in [0.5, 0.6) is 0 Å². The van der Waals surface area contributed by atoms with Gasteiger partial charge in [0.2, 0.25) is 0 Å². The maximum atomic E-state index is 6.11. The first kappa shape index (κ1) is 11.3. The van der Waals surface area contributed by atoms with Crippen molar-refractivity contribution in [1.82, 2.24) is 0 Å². The van der Waals surface area contributed by atoms with Crippen molar-refractivity contribution in [2.45, 2.75) is 19.4 Å². The lowest BCUT2D eigenvalue weighted by Gasteiger charge is -2.24. The van der Waals surface area contributed by atoms with Crippen LogP contribution in [0.25, 0.3) is 11.1 Å². The van der Waals surface area contributed by atoms with Crippen LogP contribution in [-0.2, 0) is 0 Å². The lowest BCUT2D eigenvalue weighted by atomic mass is 9.95. The first-order valence-corrected chi connectivity index (χ1v) is 6.44. The van der Waals surface area contributed by atoms with Gasteiger partial charge < -0.3 is 11.1 Å². The lowest BCUT2D eigenvalue weighted by Crippen LogP contribution is -2.22. The predicted octanol–water partition coefficient (Wildman–Crippen LogP) is 3.48. The smallest absolute Gasteiger partial charge is 0.0394 e. The summed E-state index contributed by atoms with van der Waals surface area (Å²) < 4.78 is 0. The van der Waals surface area contributed by atoms with Gasteiger partial charge in [-0.25, -0.2) is 0 Å². The van der Waals surface area contributed by atoms with Crippen molar-refractivity contribution in [3.63, 3.8) is 0 Å². The molecule has 1 atom stereocenters. The van der Waals surface area contributed by atoms with Crippen LogP contribution in [0.2, 0.25) is 0 Å². The molecular weight excluding hydrogens is 220 g/mol. The van der Waals surface area contributed by atoms with Crippen molar-refractivity contribution in [2.75, 3.05) is 11.9 Å². The molecule has 18 heavy (non-hydrogen) atoms. The number of nitrogens with two attached hydrogens (primary N) is 1. The molecule has 0 saturated heterocycles. The predicted molar refractivity (Wildman–Crippen MR) is 76.7 cm³/mol. The molecule has 3 N–H and O–H groups in total. The van der Waals surface area contributed by atoms with Crippen LogP contribution in [0.1, 0.15) is 23.6 Å². The minimum Gasteiger partial charge on any atom is -0.385 e. The van der Waals surface area contributed by atoms with Gasteiger partial charge in [0.1, 0.15) is 0 Å². The fourth-order valence-electron chi connectivity index (χ4n) is 2.48. The molecule has 2 nitrogen and oxygen atoms in total. The molecule has 0 radical (unpaired) electrons. The topological polar surface area (TPSA) is 38.0 Å². The second-order valence-corrected chi connectivity index (χ2v) is 4.99. The summed E-state index contributed by atoms with van der Waals surface area (Å²) in [5.41, 5.74) is 12.3. The van der Waals surface area contributed by atoms with Gasteiger partial charge in [-0.3, -0.25) is 0 Å². The van der Waals surface area contributed by atoms with Crippen LogP contribution in [-0.4, -0.2) is 6.54 Å². The summed E-state index contributed by atoms with van der Waals surface area (Å²) in [5, 5.41) is 3.43. The van der Waals surface area contributed by atoms with E-state index in [-0.39, 0.29) is 6.04 Å². The second-order valence-electron chi connectivity index (χ2n) is 4.99. The van der Waals surface area contributed by atoms with Crippen LogP contribution >= 0.6 is 0 Å². The van der Waals surface area contributed by atoms with Gasteiger partial charge in [0.25, 0.3) is 0 Å². The Hall–Kier alpha value is -1.80. The first-order chi connectivity index (χ1) is 8.74. The van der Waals surface area contributed by atoms with Gasteiger partial charge in [-0.2, -0.15) is 0 Å². The maximum absolute atomic E-state index is 6.11. The summed E-state index contributed by atoms with van der Waals surface area (Å²) >= 11 is 0. The van der Waals surface area contributed by atoms with E-state index in [0.717, 1.165) is 13.0 Å². The van der Waals surface area contributed by atoms with Crippen LogP contribution in [0.4, 0.5) is 5.69 Å². The average molecular weight is 238 g/mol. The molecule has 0 aliphatic carbocycles. The zero-order valence-electron chi connectivity index (χ0n) is 10.6. The molecule has 2 aromatic carbocycles. The Morgan fingerprint density at radius 2 is 1.78 bits per heavy atom. The minimum absolute atomic E-state index is 0.174. The SMILES string of the molecule is Cc1ccc(-c2ccc3c(c2)NCCC3N)cc1. The van der Waals surface area contributed by atoms with E-state index in [4.69, 9.17) is 5.73 Å². The van der Waals surface area contributed by atoms with Gasteiger partial charge in [0.15, 0.2) is 0 Å². The maximum Gasteiger partial charge on any atom is 0.0394 e. The molecular formula is C16H18N2. The first-order valence-electron chi connectivity index (χ1n) is 6.44. The van der Waals surface area contributed by atoms with Crippen LogP contribution in [0, 0.1) is 6.92 Å². The third-order valence-electron chi connectivity index (χ3n) is 3.61. The second kappa shape index (κ2) is 4.46. The van der Waals surface area contributed by atoms with E-state index in [0.29, 0.717) is 0 Å². The number of fused-ring (bicyclic) bond motifs is 1. The lowest BCUT2D eigenvalue weighted by molar-refractivity contribution is 0.655. The highest BCUT2D eigenvalue weighted by molar-refractivity contribution is 5.71. The number of hydrogen-bond acceptors (Lipinski definition) is 2. The highest BCUT2D eigenvalue weighted by Crippen LogP contribution is 2.32. The Kier molecular flexibility index (Phi) is 2.80. The third kappa shape index (κ3) is 2.00. The van der Waals surface area contributed by atoms with Gasteiger partial charge in [-0.15, -0.1) is 0 Å². The van der Waals surface area contributed by atoms with Crippen LogP contribution in [0.15, 0.2) is 42.5 Å². The van der Waals surface area contributed by atoms with Crippen molar-refractivity contribution in [2.24, 2.45) is 5.73 Å². The van der Waals surface area contributed by atoms with Gasteiger partial charge in [-0.1, -0.05) is 42.0 Å². The summed E-state index contributed by atoms with van der Waals surface area (Å²) in [6.07, 6.45) is 1.01. The molecule has 3 rings (SSSR count). The molecule has 0 spiro atoms. The number of rotatable bonds is 1. The van der Waals surface area contributed by atoms with E-state index >= 15 is 0 Å². The molecule has 1 aliphatic rings. The monoisotopic (exact) mass is 238 g/mol. The molecule has 1 aliphatic heterocycles. The van der Waals surface area contributed by atoms with E-state index < -0.39 is 0 Å². The van der Waals surface area contributed by atoms with Gasteiger partial charge in [0.05, 0.1) is 0 Å². The van der Waals surface area contributed by atoms with Crippen molar-refractivity contribution in [1.29, 1.82) is 0 Å². The molecule has 92 valence electrons. The highest BCUT2D eigenvalue weighted by Gasteiger charge is 2.16. The number of aryl methyl sites for hydroxylation is 1. The van der Waals surface area contributed by atoms with Crippen LogP contribution in [0.3, 0.4) is 0 Å². The van der Waals surface area contributed by atoms with E-state index in [1.165, 1.54) is 27.9 Å². The molecule has 0 aromatic heterocycles. The molecule has 0 saturated carbocycles. The Morgan fingerprint density at radius 3 is 2.56 bits per heavy atom. The standard InChI is InChI=1S/C16H18N2/c1-11-2-4-12(5-3-11)13-6-7-14-15(17)8-9-18-16(14)10-13/h2-7,10,15,18H,8-9,17H2,1H3. The normalized spacial score (nSPS) is 18.0. The number of nitrogens with one attached hydrogen (secondary N) is 1. The van der Waals surface area contributed by atoms with E-state index in [1.807, 2.05) is 0 Å². The van der Waals surface area contributed by atoms with E-state index in [2.05, 4.69) is 54.7 Å². The van der Waals surface area contributed by atoms with Crippen molar-refractivity contribution >= 4 is 5.69 Å². The Balaban J connectivity index is 2.01. The van der Waals surface area contributed by atoms with Gasteiger partial charge in [-0.05, 0) is 36.1 Å². The molecule has 1 unspecified atom stereocenters. The third-order valence-corrected chi connectivity index (χ3v) is 3.61. The summed E-state index contributed by atoms with van der Waals surface area (Å²) in [4.78, 5) is 0. The highest BCUT2D eigenvalue weighted by atomic mass is 14.9. The molecule has 1 heterocycles. The van der Waals surface area contributed by atoms with Crippen molar-refractivity contribution in [3.8, 4) is 11.1 Å². The number of benzene rings is 2. The molecule has 0 fully saturated rings. The van der Waals surface area contributed by atoms with Gasteiger partial charge >= 0.3 is 0 Å². The molecule has 2 heteroatoms. The summed E-state index contributed by atoms with van der Waals surface area (Å²) in [6.45, 7) is 3.07. The quantitative estimate of drug-likeness (QED) is 0.798. The Labute approximate surface area is 108 Å². The van der Waals surface area contributed by atoms with Crippen molar-refractivity contribution in [3.05, 3.63) is 53.6 Å². The fourth-order valence-corrected chi connectivity index (χ4v) is 2.48. The molecule has 0 amide bonds. The zero-order chi connectivity index (χ0) is 12.5.